The predicted octanol–water partition coefficient (Wildman–Crippen LogP) is 8.10. The van der Waals surface area contributed by atoms with Crippen molar-refractivity contribution in [2.24, 2.45) is 0 Å². The van der Waals surface area contributed by atoms with Gasteiger partial charge in [-0.2, -0.15) is 0 Å². The SMILES string of the molecule is Fc1ccc(SSc2ccc(F)cc2-c2ccccc2)c(-c2ccccc2)c1. The van der Waals surface area contributed by atoms with Gasteiger partial charge < -0.3 is 0 Å². The summed E-state index contributed by atoms with van der Waals surface area (Å²) in [4.78, 5) is 1.92. The van der Waals surface area contributed by atoms with Gasteiger partial charge in [0.25, 0.3) is 0 Å². The first-order valence-corrected chi connectivity index (χ1v) is 10.9. The Morgan fingerprint density at radius 1 is 0.464 bits per heavy atom. The van der Waals surface area contributed by atoms with E-state index in [0.29, 0.717) is 0 Å². The standard InChI is InChI=1S/C24H16F2S2/c25-19-11-13-23(21(15-19)17-7-3-1-4-8-17)27-28-24-14-12-20(26)16-22(24)18-9-5-2-6-10-18/h1-16H. The molecule has 0 aliphatic rings. The van der Waals surface area contributed by atoms with Crippen LogP contribution in [0.2, 0.25) is 0 Å². The maximum atomic E-state index is 13.9. The summed E-state index contributed by atoms with van der Waals surface area (Å²) < 4.78 is 27.7. The Morgan fingerprint density at radius 2 is 0.857 bits per heavy atom. The predicted molar refractivity (Wildman–Crippen MR) is 115 cm³/mol. The topological polar surface area (TPSA) is 0 Å². The molecule has 0 aromatic heterocycles. The molecule has 0 fully saturated rings. The molecule has 0 N–H and O–H groups in total. The van der Waals surface area contributed by atoms with E-state index in [1.807, 2.05) is 60.7 Å². The molecule has 138 valence electrons. The summed E-state index contributed by atoms with van der Waals surface area (Å²) >= 11 is 0. The third-order valence-corrected chi connectivity index (χ3v) is 6.76. The fourth-order valence-electron chi connectivity index (χ4n) is 2.93. The Morgan fingerprint density at radius 3 is 1.25 bits per heavy atom. The van der Waals surface area contributed by atoms with Gasteiger partial charge in [0.15, 0.2) is 0 Å². The molecular formula is C24H16F2S2. The van der Waals surface area contributed by atoms with Crippen LogP contribution in [0.25, 0.3) is 22.3 Å². The first-order chi connectivity index (χ1) is 13.7. The van der Waals surface area contributed by atoms with E-state index in [2.05, 4.69) is 0 Å². The monoisotopic (exact) mass is 406 g/mol. The van der Waals surface area contributed by atoms with Crippen molar-refractivity contribution in [2.75, 3.05) is 0 Å². The molecule has 0 saturated heterocycles. The maximum Gasteiger partial charge on any atom is 0.123 e. The van der Waals surface area contributed by atoms with Gasteiger partial charge in [-0.1, -0.05) is 82.3 Å². The van der Waals surface area contributed by atoms with Gasteiger partial charge >= 0.3 is 0 Å². The highest BCUT2D eigenvalue weighted by Gasteiger charge is 2.12. The van der Waals surface area contributed by atoms with Gasteiger partial charge in [0, 0.05) is 9.79 Å². The Bertz CT molecular complexity index is 991. The van der Waals surface area contributed by atoms with Crippen LogP contribution >= 0.6 is 21.6 Å². The van der Waals surface area contributed by atoms with Gasteiger partial charge in [-0.05, 0) is 58.7 Å². The quantitative estimate of drug-likeness (QED) is 0.307. The molecule has 0 bridgehead atoms. The van der Waals surface area contributed by atoms with Gasteiger partial charge in [-0.3, -0.25) is 0 Å². The van der Waals surface area contributed by atoms with Crippen molar-refractivity contribution in [3.63, 3.8) is 0 Å². The molecule has 0 aliphatic heterocycles. The zero-order valence-corrected chi connectivity index (χ0v) is 16.4. The molecule has 0 heterocycles. The van der Waals surface area contributed by atoms with Crippen LogP contribution in [0.15, 0.2) is 107 Å². The lowest BCUT2D eigenvalue weighted by atomic mass is 10.1. The number of hydrogen-bond acceptors (Lipinski definition) is 2. The molecule has 0 amide bonds. The molecule has 0 aliphatic carbocycles. The minimum Gasteiger partial charge on any atom is -0.207 e. The Hall–Kier alpha value is -2.56. The number of halogens is 2. The second-order valence-corrected chi connectivity index (χ2v) is 8.39. The van der Waals surface area contributed by atoms with E-state index in [-0.39, 0.29) is 11.6 Å². The normalized spacial score (nSPS) is 10.8. The van der Waals surface area contributed by atoms with E-state index < -0.39 is 0 Å². The second-order valence-electron chi connectivity index (χ2n) is 6.18. The van der Waals surface area contributed by atoms with E-state index >= 15 is 0 Å². The summed E-state index contributed by atoms with van der Waals surface area (Å²) in [6, 6.07) is 29.2. The highest BCUT2D eigenvalue weighted by molar-refractivity contribution is 8.76. The highest BCUT2D eigenvalue weighted by atomic mass is 33.1. The van der Waals surface area contributed by atoms with E-state index in [9.17, 15) is 8.78 Å². The van der Waals surface area contributed by atoms with Crippen LogP contribution in [0.1, 0.15) is 0 Å². The molecule has 4 aromatic carbocycles. The summed E-state index contributed by atoms with van der Waals surface area (Å²) in [6.07, 6.45) is 0. The number of hydrogen-bond donors (Lipinski definition) is 0. The highest BCUT2D eigenvalue weighted by Crippen LogP contribution is 2.45. The summed E-state index contributed by atoms with van der Waals surface area (Å²) in [7, 11) is 3.09. The average Bonchev–Trinajstić information content (AvgIpc) is 2.75. The third kappa shape index (κ3) is 4.29. The van der Waals surface area contributed by atoms with Crippen molar-refractivity contribution in [1.29, 1.82) is 0 Å². The summed E-state index contributed by atoms with van der Waals surface area (Å²) in [5.41, 5.74) is 3.63. The number of benzene rings is 4. The minimum atomic E-state index is -0.264. The van der Waals surface area contributed by atoms with Crippen LogP contribution in [0.5, 0.6) is 0 Å². The van der Waals surface area contributed by atoms with Gasteiger partial charge in [-0.25, -0.2) is 8.78 Å². The molecule has 4 rings (SSSR count). The van der Waals surface area contributed by atoms with Crippen molar-refractivity contribution in [1.82, 2.24) is 0 Å². The van der Waals surface area contributed by atoms with Crippen LogP contribution in [-0.4, -0.2) is 0 Å². The van der Waals surface area contributed by atoms with Gasteiger partial charge in [-0.15, -0.1) is 0 Å². The van der Waals surface area contributed by atoms with E-state index in [0.717, 1.165) is 32.0 Å². The largest absolute Gasteiger partial charge is 0.207 e. The van der Waals surface area contributed by atoms with E-state index in [1.54, 1.807) is 45.9 Å². The van der Waals surface area contributed by atoms with Crippen molar-refractivity contribution in [3.8, 4) is 22.3 Å². The minimum absolute atomic E-state index is 0.264. The van der Waals surface area contributed by atoms with Crippen molar-refractivity contribution in [3.05, 3.63) is 109 Å². The molecule has 28 heavy (non-hydrogen) atoms. The van der Waals surface area contributed by atoms with Crippen molar-refractivity contribution < 1.29 is 8.78 Å². The van der Waals surface area contributed by atoms with Crippen LogP contribution in [0.3, 0.4) is 0 Å². The van der Waals surface area contributed by atoms with Gasteiger partial charge in [0.2, 0.25) is 0 Å². The molecule has 4 aromatic rings. The van der Waals surface area contributed by atoms with E-state index in [4.69, 9.17) is 0 Å². The lowest BCUT2D eigenvalue weighted by molar-refractivity contribution is 0.626. The molecular weight excluding hydrogens is 390 g/mol. The fourth-order valence-corrected chi connectivity index (χ4v) is 5.30. The summed E-state index contributed by atoms with van der Waals surface area (Å²) in [6.45, 7) is 0. The fraction of sp³-hybridized carbons (Fsp3) is 0. The maximum absolute atomic E-state index is 13.9. The van der Waals surface area contributed by atoms with E-state index in [1.165, 1.54) is 12.1 Å². The average molecular weight is 407 g/mol. The smallest absolute Gasteiger partial charge is 0.123 e. The Labute approximate surface area is 171 Å². The lowest BCUT2D eigenvalue weighted by Gasteiger charge is -2.12. The second kappa shape index (κ2) is 8.63. The van der Waals surface area contributed by atoms with Crippen LogP contribution in [-0.2, 0) is 0 Å². The first-order valence-electron chi connectivity index (χ1n) is 8.75. The van der Waals surface area contributed by atoms with Crippen LogP contribution in [0.4, 0.5) is 8.78 Å². The van der Waals surface area contributed by atoms with Crippen LogP contribution < -0.4 is 0 Å². The van der Waals surface area contributed by atoms with Gasteiger partial charge in [0.1, 0.15) is 11.6 Å². The molecule has 4 heteroatoms. The molecule has 0 spiro atoms. The van der Waals surface area contributed by atoms with Crippen LogP contribution in [0, 0.1) is 11.6 Å². The molecule has 0 atom stereocenters. The Balaban J connectivity index is 1.66. The lowest BCUT2D eigenvalue weighted by Crippen LogP contribution is -1.86. The summed E-state index contributed by atoms with van der Waals surface area (Å²) in [5.74, 6) is -0.528. The zero-order valence-electron chi connectivity index (χ0n) is 14.8. The molecule has 0 nitrogen and oxygen atoms in total. The molecule has 0 radical (unpaired) electrons. The third-order valence-electron chi connectivity index (χ3n) is 4.27. The molecule has 0 unspecified atom stereocenters. The number of rotatable bonds is 5. The molecule has 0 saturated carbocycles. The summed E-state index contributed by atoms with van der Waals surface area (Å²) in [5, 5.41) is 0. The Kier molecular flexibility index (Phi) is 5.79. The first kappa shape index (κ1) is 18.8. The van der Waals surface area contributed by atoms with Crippen molar-refractivity contribution >= 4 is 21.6 Å². The van der Waals surface area contributed by atoms with Gasteiger partial charge in [0.05, 0.1) is 0 Å². The zero-order chi connectivity index (χ0) is 19.3. The van der Waals surface area contributed by atoms with Crippen molar-refractivity contribution in [2.45, 2.75) is 9.79 Å².